The molecule has 3 nitrogen and oxygen atoms in total. The van der Waals surface area contributed by atoms with Gasteiger partial charge >= 0.3 is 0 Å². The molecular formula is C16H24BrFN2O. The highest BCUT2D eigenvalue weighted by atomic mass is 79.9. The molecule has 0 N–H and O–H groups in total. The van der Waals surface area contributed by atoms with E-state index in [-0.39, 0.29) is 5.91 Å². The van der Waals surface area contributed by atoms with E-state index in [1.54, 1.807) is 17.0 Å². The van der Waals surface area contributed by atoms with Crippen molar-refractivity contribution in [2.75, 3.05) is 32.7 Å². The fourth-order valence-corrected chi connectivity index (χ4v) is 2.49. The number of hydrogen-bond acceptors (Lipinski definition) is 2. The van der Waals surface area contributed by atoms with E-state index in [2.05, 4.69) is 34.7 Å². The summed E-state index contributed by atoms with van der Waals surface area (Å²) in [5.41, 5.74) is 0.403. The van der Waals surface area contributed by atoms with Crippen LogP contribution in [0.2, 0.25) is 0 Å². The maximum absolute atomic E-state index is 13.5. The van der Waals surface area contributed by atoms with Gasteiger partial charge in [-0.1, -0.05) is 13.8 Å². The maximum atomic E-state index is 13.5. The monoisotopic (exact) mass is 358 g/mol. The molecule has 1 aromatic rings. The van der Waals surface area contributed by atoms with Gasteiger partial charge in [0.05, 0.1) is 4.47 Å². The zero-order valence-electron chi connectivity index (χ0n) is 13.0. The van der Waals surface area contributed by atoms with Crippen molar-refractivity contribution in [3.63, 3.8) is 0 Å². The Morgan fingerprint density at radius 1 is 1.14 bits per heavy atom. The molecule has 1 amide bonds. The van der Waals surface area contributed by atoms with Gasteiger partial charge in [-0.25, -0.2) is 4.39 Å². The third kappa shape index (κ3) is 5.40. The van der Waals surface area contributed by atoms with Gasteiger partial charge in [0.2, 0.25) is 0 Å². The topological polar surface area (TPSA) is 23.6 Å². The summed E-state index contributed by atoms with van der Waals surface area (Å²) in [7, 11) is 0. The molecule has 0 heterocycles. The summed E-state index contributed by atoms with van der Waals surface area (Å²) in [6, 6.07) is 4.52. The third-order valence-electron chi connectivity index (χ3n) is 3.63. The first-order valence-corrected chi connectivity index (χ1v) is 8.29. The largest absolute Gasteiger partial charge is 0.339 e. The molecule has 0 saturated heterocycles. The highest BCUT2D eigenvalue weighted by molar-refractivity contribution is 9.10. The van der Waals surface area contributed by atoms with Crippen molar-refractivity contribution in [2.45, 2.75) is 27.2 Å². The highest BCUT2D eigenvalue weighted by Gasteiger charge is 2.15. The molecule has 0 aliphatic carbocycles. The minimum atomic E-state index is -0.403. The van der Waals surface area contributed by atoms with Crippen LogP contribution < -0.4 is 0 Å². The Bertz CT molecular complexity index is 464. The van der Waals surface area contributed by atoms with Gasteiger partial charge in [-0.05, 0) is 67.1 Å². The molecule has 118 valence electrons. The summed E-state index contributed by atoms with van der Waals surface area (Å²) in [6.07, 6.45) is 0.931. The Morgan fingerprint density at radius 2 is 1.81 bits per heavy atom. The molecule has 5 heteroatoms. The number of carbonyl (C=O) groups is 1. The number of nitrogens with zero attached hydrogens (tertiary/aromatic N) is 2. The summed E-state index contributed by atoms with van der Waals surface area (Å²) < 4.78 is 13.9. The van der Waals surface area contributed by atoms with Crippen molar-refractivity contribution >= 4 is 21.8 Å². The quantitative estimate of drug-likeness (QED) is 0.705. The van der Waals surface area contributed by atoms with Crippen molar-refractivity contribution < 1.29 is 9.18 Å². The van der Waals surface area contributed by atoms with Crippen LogP contribution in [0.3, 0.4) is 0 Å². The summed E-state index contributed by atoms with van der Waals surface area (Å²) in [5.74, 6) is -0.511. The minimum absolute atomic E-state index is 0.108. The van der Waals surface area contributed by atoms with Crippen molar-refractivity contribution in [3.05, 3.63) is 34.1 Å². The van der Waals surface area contributed by atoms with E-state index in [1.165, 1.54) is 6.07 Å². The highest BCUT2D eigenvalue weighted by Crippen LogP contribution is 2.17. The van der Waals surface area contributed by atoms with Gasteiger partial charge < -0.3 is 9.80 Å². The van der Waals surface area contributed by atoms with Crippen molar-refractivity contribution in [2.24, 2.45) is 0 Å². The van der Waals surface area contributed by atoms with Crippen LogP contribution in [0.4, 0.5) is 4.39 Å². The second-order valence-corrected chi connectivity index (χ2v) is 5.75. The summed E-state index contributed by atoms with van der Waals surface area (Å²) in [4.78, 5) is 16.5. The molecule has 0 unspecified atom stereocenters. The van der Waals surface area contributed by atoms with Gasteiger partial charge in [0.25, 0.3) is 5.91 Å². The molecule has 21 heavy (non-hydrogen) atoms. The predicted octanol–water partition coefficient (Wildman–Crippen LogP) is 3.78. The molecule has 0 aromatic heterocycles. The van der Waals surface area contributed by atoms with Crippen LogP contribution in [0.1, 0.15) is 37.6 Å². The van der Waals surface area contributed by atoms with Crippen LogP contribution in [-0.2, 0) is 0 Å². The van der Waals surface area contributed by atoms with Crippen LogP contribution in [-0.4, -0.2) is 48.4 Å². The fraction of sp³-hybridized carbons (Fsp3) is 0.562. The van der Waals surface area contributed by atoms with Crippen molar-refractivity contribution in [3.8, 4) is 0 Å². The molecule has 0 spiro atoms. The second-order valence-electron chi connectivity index (χ2n) is 4.89. The average molecular weight is 359 g/mol. The smallest absolute Gasteiger partial charge is 0.253 e. The standard InChI is InChI=1S/C16H24BrFN2O/c1-4-19(5-2)10-7-11-20(6-3)16(21)13-8-9-14(17)15(18)12-13/h8-9,12H,4-7,10-11H2,1-3H3. The molecule has 0 fully saturated rings. The van der Waals surface area contributed by atoms with E-state index in [1.807, 2.05) is 6.92 Å². The molecule has 0 aliphatic heterocycles. The lowest BCUT2D eigenvalue weighted by molar-refractivity contribution is 0.0757. The van der Waals surface area contributed by atoms with E-state index in [9.17, 15) is 9.18 Å². The number of amides is 1. The Kier molecular flexibility index (Phi) is 7.89. The van der Waals surface area contributed by atoms with Crippen LogP contribution in [0.25, 0.3) is 0 Å². The summed E-state index contributed by atoms with van der Waals surface area (Å²) >= 11 is 3.10. The van der Waals surface area contributed by atoms with Gasteiger partial charge in [-0.3, -0.25) is 4.79 Å². The third-order valence-corrected chi connectivity index (χ3v) is 4.28. The summed E-state index contributed by atoms with van der Waals surface area (Å²) in [5, 5.41) is 0. The van der Waals surface area contributed by atoms with Gasteiger partial charge in [-0.2, -0.15) is 0 Å². The van der Waals surface area contributed by atoms with Gasteiger partial charge in [0, 0.05) is 18.7 Å². The zero-order valence-corrected chi connectivity index (χ0v) is 14.6. The van der Waals surface area contributed by atoms with Crippen LogP contribution in [0.15, 0.2) is 22.7 Å². The number of benzene rings is 1. The van der Waals surface area contributed by atoms with Crippen LogP contribution >= 0.6 is 15.9 Å². The van der Waals surface area contributed by atoms with Crippen LogP contribution in [0.5, 0.6) is 0 Å². The SMILES string of the molecule is CCN(CC)CCCN(CC)C(=O)c1ccc(Br)c(F)c1. The van der Waals surface area contributed by atoms with E-state index in [0.29, 0.717) is 23.1 Å². The molecule has 0 radical (unpaired) electrons. The molecule has 0 atom stereocenters. The Hall–Kier alpha value is -0.940. The lowest BCUT2D eigenvalue weighted by atomic mass is 10.2. The first-order chi connectivity index (χ1) is 10.0. The average Bonchev–Trinajstić information content (AvgIpc) is 2.50. The Balaban J connectivity index is 2.62. The maximum Gasteiger partial charge on any atom is 0.253 e. The molecule has 1 rings (SSSR count). The lowest BCUT2D eigenvalue weighted by Gasteiger charge is -2.23. The first-order valence-electron chi connectivity index (χ1n) is 7.50. The lowest BCUT2D eigenvalue weighted by Crippen LogP contribution is -2.34. The molecule has 0 bridgehead atoms. The number of rotatable bonds is 8. The van der Waals surface area contributed by atoms with Gasteiger partial charge in [0.1, 0.15) is 5.82 Å². The van der Waals surface area contributed by atoms with Gasteiger partial charge in [0.15, 0.2) is 0 Å². The van der Waals surface area contributed by atoms with E-state index in [0.717, 1.165) is 26.1 Å². The van der Waals surface area contributed by atoms with E-state index in [4.69, 9.17) is 0 Å². The first kappa shape index (κ1) is 18.1. The molecule has 0 aliphatic rings. The molecular weight excluding hydrogens is 335 g/mol. The zero-order chi connectivity index (χ0) is 15.8. The normalized spacial score (nSPS) is 11.0. The van der Waals surface area contributed by atoms with Crippen molar-refractivity contribution in [1.82, 2.24) is 9.80 Å². The number of halogens is 2. The fourth-order valence-electron chi connectivity index (χ4n) is 2.24. The van der Waals surface area contributed by atoms with Crippen molar-refractivity contribution in [1.29, 1.82) is 0 Å². The van der Waals surface area contributed by atoms with E-state index < -0.39 is 5.82 Å². The molecule has 1 aromatic carbocycles. The number of hydrogen-bond donors (Lipinski definition) is 0. The second kappa shape index (κ2) is 9.15. The Labute approximate surface area is 135 Å². The van der Waals surface area contributed by atoms with Crippen LogP contribution in [0, 0.1) is 5.82 Å². The van der Waals surface area contributed by atoms with Gasteiger partial charge in [-0.15, -0.1) is 0 Å². The Morgan fingerprint density at radius 3 is 2.33 bits per heavy atom. The minimum Gasteiger partial charge on any atom is -0.339 e. The predicted molar refractivity (Wildman–Crippen MR) is 88.1 cm³/mol. The molecule has 0 saturated carbocycles. The summed E-state index contributed by atoms with van der Waals surface area (Å²) in [6.45, 7) is 10.6. The van der Waals surface area contributed by atoms with E-state index >= 15 is 0 Å². The number of carbonyl (C=O) groups excluding carboxylic acids is 1.